The summed E-state index contributed by atoms with van der Waals surface area (Å²) in [6.45, 7) is 2.24. The van der Waals surface area contributed by atoms with Crippen LogP contribution in [0.1, 0.15) is 76.7 Å². The van der Waals surface area contributed by atoms with E-state index in [4.69, 9.17) is 5.11 Å². The molecule has 0 aliphatic heterocycles. The van der Waals surface area contributed by atoms with E-state index in [1.165, 1.54) is 44.9 Å². The van der Waals surface area contributed by atoms with Gasteiger partial charge in [-0.3, -0.25) is 4.79 Å². The second-order valence-corrected chi connectivity index (χ2v) is 5.96. The molecule has 128 valence electrons. The van der Waals surface area contributed by atoms with Gasteiger partial charge in [0.2, 0.25) is 5.91 Å². The smallest absolute Gasteiger partial charge is 0.240 e. The predicted octanol–water partition coefficient (Wildman–Crippen LogP) is 4.76. The fraction of sp³-hybridized carbons (Fsp3) is 0.579. The largest absolute Gasteiger partial charge is 0.508 e. The average molecular weight is 318 g/mol. The Morgan fingerprint density at radius 1 is 1.00 bits per heavy atom. The number of rotatable bonds is 12. The van der Waals surface area contributed by atoms with Crippen molar-refractivity contribution in [2.24, 2.45) is 5.10 Å². The Labute approximate surface area is 140 Å². The third-order valence-corrected chi connectivity index (χ3v) is 3.80. The lowest BCUT2D eigenvalue weighted by molar-refractivity contribution is -0.121. The number of unbranched alkanes of at least 4 members (excludes halogenated alkanes) is 8. The maximum atomic E-state index is 11.6. The highest BCUT2D eigenvalue weighted by Gasteiger charge is 1.99. The molecule has 0 atom stereocenters. The molecular weight excluding hydrogens is 288 g/mol. The van der Waals surface area contributed by atoms with Crippen molar-refractivity contribution in [3.8, 4) is 5.75 Å². The zero-order valence-electron chi connectivity index (χ0n) is 14.3. The average Bonchev–Trinajstić information content (AvgIpc) is 2.55. The molecule has 0 aliphatic rings. The summed E-state index contributed by atoms with van der Waals surface area (Å²) in [5.74, 6) is 0.180. The Hall–Kier alpha value is -1.84. The summed E-state index contributed by atoms with van der Waals surface area (Å²) >= 11 is 0. The lowest BCUT2D eigenvalue weighted by Crippen LogP contribution is -2.16. The zero-order chi connectivity index (χ0) is 16.8. The van der Waals surface area contributed by atoms with Crippen molar-refractivity contribution in [1.29, 1.82) is 0 Å². The molecule has 4 nitrogen and oxygen atoms in total. The highest BCUT2D eigenvalue weighted by atomic mass is 16.3. The SMILES string of the molecule is CCCCCCCCCCCC(=O)N/N=C/c1ccc(O)cc1. The predicted molar refractivity (Wildman–Crippen MR) is 95.7 cm³/mol. The first-order valence-electron chi connectivity index (χ1n) is 8.83. The minimum atomic E-state index is -0.0389. The van der Waals surface area contributed by atoms with Gasteiger partial charge in [0, 0.05) is 6.42 Å². The van der Waals surface area contributed by atoms with E-state index >= 15 is 0 Å². The van der Waals surface area contributed by atoms with Gasteiger partial charge in [0.1, 0.15) is 5.75 Å². The lowest BCUT2D eigenvalue weighted by atomic mass is 10.1. The van der Waals surface area contributed by atoms with Crippen LogP contribution in [-0.2, 0) is 4.79 Å². The van der Waals surface area contributed by atoms with E-state index < -0.39 is 0 Å². The minimum Gasteiger partial charge on any atom is -0.508 e. The van der Waals surface area contributed by atoms with Gasteiger partial charge in [-0.05, 0) is 36.2 Å². The maximum Gasteiger partial charge on any atom is 0.240 e. The number of aromatic hydroxyl groups is 1. The molecule has 1 rings (SSSR count). The second-order valence-electron chi connectivity index (χ2n) is 5.96. The van der Waals surface area contributed by atoms with Crippen molar-refractivity contribution >= 4 is 12.1 Å². The standard InChI is InChI=1S/C19H30N2O2/c1-2-3-4-5-6-7-8-9-10-11-19(23)21-20-16-17-12-14-18(22)15-13-17/h12-16,22H,2-11H2,1H3,(H,21,23)/b20-16+. The van der Waals surface area contributed by atoms with Crippen LogP contribution in [0.2, 0.25) is 0 Å². The number of carbonyl (C=O) groups excluding carboxylic acids is 1. The number of hydrogen-bond acceptors (Lipinski definition) is 3. The third kappa shape index (κ3) is 10.5. The number of benzene rings is 1. The highest BCUT2D eigenvalue weighted by molar-refractivity contribution is 5.82. The molecule has 1 aromatic carbocycles. The van der Waals surface area contributed by atoms with Gasteiger partial charge in [-0.2, -0.15) is 5.10 Å². The summed E-state index contributed by atoms with van der Waals surface area (Å²) < 4.78 is 0. The van der Waals surface area contributed by atoms with Gasteiger partial charge in [-0.15, -0.1) is 0 Å². The van der Waals surface area contributed by atoms with Gasteiger partial charge >= 0.3 is 0 Å². The van der Waals surface area contributed by atoms with Crippen molar-refractivity contribution in [3.05, 3.63) is 29.8 Å². The van der Waals surface area contributed by atoms with Gasteiger partial charge in [-0.25, -0.2) is 5.43 Å². The second kappa shape index (κ2) is 12.7. The van der Waals surface area contributed by atoms with Crippen LogP contribution in [0.5, 0.6) is 5.75 Å². The van der Waals surface area contributed by atoms with E-state index in [2.05, 4.69) is 17.5 Å². The summed E-state index contributed by atoms with van der Waals surface area (Å²) in [7, 11) is 0. The molecule has 23 heavy (non-hydrogen) atoms. The summed E-state index contributed by atoms with van der Waals surface area (Å²) in [4.78, 5) is 11.6. The highest BCUT2D eigenvalue weighted by Crippen LogP contribution is 2.10. The Morgan fingerprint density at radius 2 is 1.57 bits per heavy atom. The molecule has 0 bridgehead atoms. The number of nitrogens with one attached hydrogen (secondary N) is 1. The minimum absolute atomic E-state index is 0.0389. The summed E-state index contributed by atoms with van der Waals surface area (Å²) in [6.07, 6.45) is 13.3. The van der Waals surface area contributed by atoms with Crippen molar-refractivity contribution in [2.45, 2.75) is 71.1 Å². The number of hydrazone groups is 1. The monoisotopic (exact) mass is 318 g/mol. The molecule has 0 heterocycles. The molecule has 0 radical (unpaired) electrons. The normalized spacial score (nSPS) is 11.0. The maximum absolute atomic E-state index is 11.6. The van der Waals surface area contributed by atoms with E-state index in [9.17, 15) is 4.79 Å². The first kappa shape index (κ1) is 19.2. The number of nitrogens with zero attached hydrogens (tertiary/aromatic N) is 1. The van der Waals surface area contributed by atoms with E-state index in [-0.39, 0.29) is 11.7 Å². The lowest BCUT2D eigenvalue weighted by Gasteiger charge is -2.02. The van der Waals surface area contributed by atoms with Crippen molar-refractivity contribution in [3.63, 3.8) is 0 Å². The summed E-state index contributed by atoms with van der Waals surface area (Å²) in [6, 6.07) is 6.66. The Bertz CT molecular complexity index is 455. The first-order valence-corrected chi connectivity index (χ1v) is 8.83. The van der Waals surface area contributed by atoms with Gasteiger partial charge in [0.15, 0.2) is 0 Å². The molecule has 0 saturated heterocycles. The number of amides is 1. The van der Waals surface area contributed by atoms with E-state index in [0.717, 1.165) is 18.4 Å². The van der Waals surface area contributed by atoms with Gasteiger partial charge < -0.3 is 5.11 Å². The molecule has 0 saturated carbocycles. The zero-order valence-corrected chi connectivity index (χ0v) is 14.3. The summed E-state index contributed by atoms with van der Waals surface area (Å²) in [5.41, 5.74) is 3.38. The van der Waals surface area contributed by atoms with Crippen molar-refractivity contribution in [1.82, 2.24) is 5.43 Å². The van der Waals surface area contributed by atoms with Crippen LogP contribution in [-0.4, -0.2) is 17.2 Å². The molecule has 0 unspecified atom stereocenters. The molecule has 2 N–H and O–H groups in total. The van der Waals surface area contributed by atoms with E-state index in [1.807, 2.05) is 0 Å². The van der Waals surface area contributed by atoms with Gasteiger partial charge in [0.05, 0.1) is 6.21 Å². The Balaban J connectivity index is 1.99. The van der Waals surface area contributed by atoms with Crippen LogP contribution < -0.4 is 5.43 Å². The molecule has 0 fully saturated rings. The third-order valence-electron chi connectivity index (χ3n) is 3.80. The molecule has 1 amide bonds. The van der Waals surface area contributed by atoms with Crippen LogP contribution >= 0.6 is 0 Å². The van der Waals surface area contributed by atoms with Crippen LogP contribution in [0.3, 0.4) is 0 Å². The fourth-order valence-corrected chi connectivity index (χ4v) is 2.39. The van der Waals surface area contributed by atoms with Crippen LogP contribution in [0.15, 0.2) is 29.4 Å². The van der Waals surface area contributed by atoms with Gasteiger partial charge in [0.25, 0.3) is 0 Å². The fourth-order valence-electron chi connectivity index (χ4n) is 2.39. The van der Waals surface area contributed by atoms with Crippen LogP contribution in [0, 0.1) is 0 Å². The van der Waals surface area contributed by atoms with Crippen LogP contribution in [0.25, 0.3) is 0 Å². The molecule has 0 spiro atoms. The van der Waals surface area contributed by atoms with Crippen LogP contribution in [0.4, 0.5) is 0 Å². The van der Waals surface area contributed by atoms with E-state index in [0.29, 0.717) is 6.42 Å². The topological polar surface area (TPSA) is 61.7 Å². The van der Waals surface area contributed by atoms with Crippen molar-refractivity contribution in [2.75, 3.05) is 0 Å². The molecule has 0 aromatic heterocycles. The number of phenols is 1. The number of carbonyl (C=O) groups is 1. The Kier molecular flexibility index (Phi) is 10.6. The quantitative estimate of drug-likeness (QED) is 0.331. The van der Waals surface area contributed by atoms with Gasteiger partial charge in [-0.1, -0.05) is 58.3 Å². The number of phenolic OH excluding ortho intramolecular Hbond substituents is 1. The Morgan fingerprint density at radius 3 is 2.17 bits per heavy atom. The molecule has 0 aliphatic carbocycles. The molecule has 1 aromatic rings. The van der Waals surface area contributed by atoms with Crippen molar-refractivity contribution < 1.29 is 9.90 Å². The first-order chi connectivity index (χ1) is 11.2. The molecular formula is C19H30N2O2. The number of hydrogen-bond donors (Lipinski definition) is 2. The molecule has 4 heteroatoms. The van der Waals surface area contributed by atoms with E-state index in [1.54, 1.807) is 30.5 Å². The summed E-state index contributed by atoms with van der Waals surface area (Å²) in [5, 5.41) is 13.1.